The van der Waals surface area contributed by atoms with Crippen molar-refractivity contribution in [1.82, 2.24) is 14.8 Å². The van der Waals surface area contributed by atoms with Gasteiger partial charge >= 0.3 is 6.18 Å². The Morgan fingerprint density at radius 2 is 1.77 bits per heavy atom. The van der Waals surface area contributed by atoms with Gasteiger partial charge in [-0.3, -0.25) is 4.68 Å². The quantitative estimate of drug-likeness (QED) is 0.611. The molecule has 164 valence electrons. The minimum absolute atomic E-state index is 0.135. The zero-order valence-electron chi connectivity index (χ0n) is 16.2. The highest BCUT2D eigenvalue weighted by atomic mass is 19.4. The number of aryl methyl sites for hydroxylation is 1. The lowest BCUT2D eigenvalue weighted by atomic mass is 10.0. The van der Waals surface area contributed by atoms with Crippen molar-refractivity contribution in [2.45, 2.75) is 31.2 Å². The Labute approximate surface area is 172 Å². The van der Waals surface area contributed by atoms with E-state index in [1.165, 1.54) is 10.9 Å². The smallest absolute Gasteiger partial charge is 0.419 e. The molecule has 0 amide bonds. The number of alkyl halides is 3. The fourth-order valence-electron chi connectivity index (χ4n) is 4.32. The number of anilines is 1. The topological polar surface area (TPSA) is 63.4 Å². The number of benzene rings is 1. The van der Waals surface area contributed by atoms with Crippen LogP contribution in [0.15, 0.2) is 18.3 Å². The SMILES string of the molecule is Cn1nc(-c2cc(C(F)(F)F)c(F)c(O)c2F)c2cnc(N3CC4CCC(C3)O4)cc21. The number of fused-ring (bicyclic) bond motifs is 3. The van der Waals surface area contributed by atoms with Crippen molar-refractivity contribution in [1.29, 1.82) is 0 Å². The predicted octanol–water partition coefficient (Wildman–Crippen LogP) is 4.01. The second kappa shape index (κ2) is 6.78. The van der Waals surface area contributed by atoms with Gasteiger partial charge in [0, 0.05) is 43.4 Å². The lowest BCUT2D eigenvalue weighted by molar-refractivity contribution is -0.140. The summed E-state index contributed by atoms with van der Waals surface area (Å²) in [4.78, 5) is 6.48. The summed E-state index contributed by atoms with van der Waals surface area (Å²) >= 11 is 0. The highest BCUT2D eigenvalue weighted by Crippen LogP contribution is 2.42. The van der Waals surface area contributed by atoms with Gasteiger partial charge in [-0.2, -0.15) is 18.3 Å². The third kappa shape index (κ3) is 3.18. The van der Waals surface area contributed by atoms with E-state index in [4.69, 9.17) is 4.74 Å². The van der Waals surface area contributed by atoms with Crippen LogP contribution in [0.25, 0.3) is 22.2 Å². The monoisotopic (exact) mass is 440 g/mol. The third-order valence-electron chi connectivity index (χ3n) is 5.83. The van der Waals surface area contributed by atoms with Crippen molar-refractivity contribution in [3.8, 4) is 17.0 Å². The molecule has 2 bridgehead atoms. The summed E-state index contributed by atoms with van der Waals surface area (Å²) in [7, 11) is 1.56. The van der Waals surface area contributed by atoms with Crippen molar-refractivity contribution in [3.05, 3.63) is 35.5 Å². The van der Waals surface area contributed by atoms with Gasteiger partial charge < -0.3 is 14.7 Å². The highest BCUT2D eigenvalue weighted by molar-refractivity contribution is 5.94. The number of aromatic nitrogens is 3. The molecule has 11 heteroatoms. The van der Waals surface area contributed by atoms with Gasteiger partial charge in [-0.15, -0.1) is 0 Å². The molecule has 1 aromatic carbocycles. The van der Waals surface area contributed by atoms with Gasteiger partial charge in [-0.1, -0.05) is 0 Å². The molecule has 3 aromatic rings. The highest BCUT2D eigenvalue weighted by Gasteiger charge is 2.38. The molecule has 0 saturated carbocycles. The Morgan fingerprint density at radius 3 is 2.42 bits per heavy atom. The summed E-state index contributed by atoms with van der Waals surface area (Å²) < 4.78 is 75.1. The number of phenols is 1. The van der Waals surface area contributed by atoms with E-state index >= 15 is 0 Å². The number of phenolic OH excluding ortho intramolecular Hbond substituents is 1. The molecule has 2 fully saturated rings. The van der Waals surface area contributed by atoms with Crippen LogP contribution in [0.5, 0.6) is 5.75 Å². The van der Waals surface area contributed by atoms with E-state index in [1.807, 2.05) is 0 Å². The molecule has 5 rings (SSSR count). The van der Waals surface area contributed by atoms with Crippen LogP contribution >= 0.6 is 0 Å². The summed E-state index contributed by atoms with van der Waals surface area (Å²) in [5.74, 6) is -4.62. The minimum atomic E-state index is -5.12. The summed E-state index contributed by atoms with van der Waals surface area (Å²) in [6.45, 7) is 1.35. The molecule has 2 aromatic heterocycles. The average Bonchev–Trinajstić information content (AvgIpc) is 3.23. The maximum Gasteiger partial charge on any atom is 0.419 e. The van der Waals surface area contributed by atoms with Gasteiger partial charge in [-0.05, 0) is 18.9 Å². The largest absolute Gasteiger partial charge is 0.503 e. The Balaban J connectivity index is 1.62. The zero-order valence-corrected chi connectivity index (χ0v) is 16.2. The van der Waals surface area contributed by atoms with Gasteiger partial charge in [0.2, 0.25) is 0 Å². The van der Waals surface area contributed by atoms with Gasteiger partial charge in [0.05, 0.1) is 23.3 Å². The molecule has 4 heterocycles. The summed E-state index contributed by atoms with van der Waals surface area (Å²) in [6, 6.07) is 2.04. The molecule has 2 aliphatic rings. The maximum absolute atomic E-state index is 14.6. The van der Waals surface area contributed by atoms with Gasteiger partial charge in [0.25, 0.3) is 0 Å². The van der Waals surface area contributed by atoms with Crippen molar-refractivity contribution >= 4 is 16.7 Å². The predicted molar refractivity (Wildman–Crippen MR) is 101 cm³/mol. The number of aromatic hydroxyl groups is 1. The molecule has 31 heavy (non-hydrogen) atoms. The second-order valence-corrected chi connectivity index (χ2v) is 7.84. The maximum atomic E-state index is 14.6. The zero-order chi connectivity index (χ0) is 22.1. The first kappa shape index (κ1) is 20.0. The number of hydrogen-bond acceptors (Lipinski definition) is 5. The van der Waals surface area contributed by atoms with E-state index in [2.05, 4.69) is 15.0 Å². The van der Waals surface area contributed by atoms with Gasteiger partial charge in [0.15, 0.2) is 17.4 Å². The van der Waals surface area contributed by atoms with E-state index in [0.29, 0.717) is 30.5 Å². The minimum Gasteiger partial charge on any atom is -0.503 e. The summed E-state index contributed by atoms with van der Waals surface area (Å²) in [5.41, 5.74) is -2.09. The number of hydrogen-bond donors (Lipinski definition) is 1. The van der Waals surface area contributed by atoms with Crippen LogP contribution in [0.2, 0.25) is 0 Å². The molecular formula is C20H17F5N4O2. The number of nitrogens with zero attached hydrogens (tertiary/aromatic N) is 4. The molecule has 0 radical (unpaired) electrons. The van der Waals surface area contributed by atoms with Gasteiger partial charge in [0.1, 0.15) is 11.5 Å². The first-order valence-electron chi connectivity index (χ1n) is 9.65. The van der Waals surface area contributed by atoms with Crippen LogP contribution in [0, 0.1) is 11.6 Å². The summed E-state index contributed by atoms with van der Waals surface area (Å²) in [5, 5.41) is 14.0. The standard InChI is InChI=1S/C20H17F5N4O2/c1-28-14-5-15(29-7-9-2-3-10(8-29)31-9)26-6-12(14)18(27-28)11-4-13(20(23,24)25)17(22)19(30)16(11)21/h4-6,9-10,30H,2-3,7-8H2,1H3. The lowest BCUT2D eigenvalue weighted by Crippen LogP contribution is -2.43. The molecule has 1 N–H and O–H groups in total. The number of halogens is 5. The number of morpholine rings is 1. The van der Waals surface area contributed by atoms with E-state index < -0.39 is 34.7 Å². The molecule has 0 aliphatic carbocycles. The second-order valence-electron chi connectivity index (χ2n) is 7.84. The molecule has 2 unspecified atom stereocenters. The molecule has 2 aliphatic heterocycles. The van der Waals surface area contributed by atoms with Crippen LogP contribution < -0.4 is 4.90 Å². The van der Waals surface area contributed by atoms with Crippen LogP contribution in [0.1, 0.15) is 18.4 Å². The van der Waals surface area contributed by atoms with E-state index in [1.54, 1.807) is 13.1 Å². The van der Waals surface area contributed by atoms with Crippen molar-refractivity contribution in [3.63, 3.8) is 0 Å². The van der Waals surface area contributed by atoms with Crippen molar-refractivity contribution in [2.24, 2.45) is 7.05 Å². The van der Waals surface area contributed by atoms with E-state index in [0.717, 1.165) is 12.8 Å². The lowest BCUT2D eigenvalue weighted by Gasteiger charge is -2.32. The summed E-state index contributed by atoms with van der Waals surface area (Å²) in [6.07, 6.45) is -1.49. The third-order valence-corrected chi connectivity index (χ3v) is 5.83. The van der Waals surface area contributed by atoms with E-state index in [9.17, 15) is 27.1 Å². The fourth-order valence-corrected chi connectivity index (χ4v) is 4.32. The Hall–Kier alpha value is -2.95. The first-order valence-corrected chi connectivity index (χ1v) is 9.65. The molecule has 2 saturated heterocycles. The van der Waals surface area contributed by atoms with Crippen LogP contribution in [0.3, 0.4) is 0 Å². The van der Waals surface area contributed by atoms with Gasteiger partial charge in [-0.25, -0.2) is 13.8 Å². The Kier molecular flexibility index (Phi) is 4.37. The normalized spacial score (nSPS) is 21.3. The first-order chi connectivity index (χ1) is 14.6. The number of ether oxygens (including phenoxy) is 1. The average molecular weight is 440 g/mol. The Bertz CT molecular complexity index is 1180. The number of rotatable bonds is 2. The van der Waals surface area contributed by atoms with Crippen LogP contribution in [0.4, 0.5) is 27.8 Å². The molecule has 0 spiro atoms. The van der Waals surface area contributed by atoms with Crippen LogP contribution in [-0.4, -0.2) is 45.2 Å². The fraction of sp³-hybridized carbons (Fsp3) is 0.400. The molecule has 2 atom stereocenters. The van der Waals surface area contributed by atoms with Crippen LogP contribution in [-0.2, 0) is 18.0 Å². The van der Waals surface area contributed by atoms with Crippen molar-refractivity contribution in [2.75, 3.05) is 18.0 Å². The number of pyridine rings is 1. The van der Waals surface area contributed by atoms with E-state index in [-0.39, 0.29) is 23.3 Å². The Morgan fingerprint density at radius 1 is 1.10 bits per heavy atom. The molecule has 6 nitrogen and oxygen atoms in total. The van der Waals surface area contributed by atoms with Crippen molar-refractivity contribution < 1.29 is 31.8 Å². The molecular weight excluding hydrogens is 423 g/mol.